The second kappa shape index (κ2) is 4.41. The van der Waals surface area contributed by atoms with Gasteiger partial charge in [-0.2, -0.15) is 0 Å². The molecule has 3 aliphatic rings. The third-order valence-electron chi connectivity index (χ3n) is 3.66. The molecular weight excluding hydrogens is 250 g/mol. The van der Waals surface area contributed by atoms with Crippen LogP contribution in [0.1, 0.15) is 27.7 Å². The van der Waals surface area contributed by atoms with E-state index in [1.54, 1.807) is 0 Å². The Balaban J connectivity index is 1.69. The summed E-state index contributed by atoms with van der Waals surface area (Å²) in [6.45, 7) is 8.11. The van der Waals surface area contributed by atoms with Crippen molar-refractivity contribution >= 4 is 5.90 Å². The summed E-state index contributed by atoms with van der Waals surface area (Å²) in [4.78, 5) is 4.41. The highest BCUT2D eigenvalue weighted by Crippen LogP contribution is 2.36. The molecule has 0 amide bonds. The average Bonchev–Trinajstić information content (AvgIpc) is 2.94. The number of hydrogen-bond acceptors (Lipinski definition) is 6. The van der Waals surface area contributed by atoms with Crippen LogP contribution in [0.4, 0.5) is 0 Å². The van der Waals surface area contributed by atoms with E-state index in [2.05, 4.69) is 4.99 Å². The van der Waals surface area contributed by atoms with Gasteiger partial charge in [0.15, 0.2) is 11.7 Å². The van der Waals surface area contributed by atoms with Crippen molar-refractivity contribution in [2.45, 2.75) is 64.1 Å². The average molecular weight is 271 g/mol. The predicted molar refractivity (Wildman–Crippen MR) is 66.7 cm³/mol. The molecule has 5 unspecified atom stereocenters. The first-order valence-corrected chi connectivity index (χ1v) is 6.77. The Morgan fingerprint density at radius 2 is 2.11 bits per heavy atom. The van der Waals surface area contributed by atoms with Crippen LogP contribution in [0.5, 0.6) is 0 Å². The van der Waals surface area contributed by atoms with Crippen molar-refractivity contribution in [1.29, 1.82) is 0 Å². The fraction of sp³-hybridized carbons (Fsp3) is 0.923. The van der Waals surface area contributed by atoms with Crippen molar-refractivity contribution in [3.05, 3.63) is 0 Å². The van der Waals surface area contributed by atoms with Crippen LogP contribution in [0.15, 0.2) is 4.99 Å². The fourth-order valence-corrected chi connectivity index (χ4v) is 2.67. The SMILES string of the molecule is CC(C)C1=NC2C(O1)OC(C1COC(C)(C)O1)C2O. The lowest BCUT2D eigenvalue weighted by atomic mass is 10.1. The van der Waals surface area contributed by atoms with Crippen LogP contribution in [0.3, 0.4) is 0 Å². The number of rotatable bonds is 2. The molecule has 6 nitrogen and oxygen atoms in total. The second-order valence-electron chi connectivity index (χ2n) is 6.06. The molecule has 0 aromatic carbocycles. The first-order chi connectivity index (χ1) is 8.87. The van der Waals surface area contributed by atoms with E-state index in [0.717, 1.165) is 0 Å². The van der Waals surface area contributed by atoms with Crippen molar-refractivity contribution in [2.24, 2.45) is 10.9 Å². The molecule has 0 radical (unpaired) electrons. The third kappa shape index (κ3) is 2.27. The minimum atomic E-state index is -0.719. The molecule has 5 atom stereocenters. The summed E-state index contributed by atoms with van der Waals surface area (Å²) in [5, 5.41) is 10.3. The van der Waals surface area contributed by atoms with Crippen molar-refractivity contribution in [3.63, 3.8) is 0 Å². The summed E-state index contributed by atoms with van der Waals surface area (Å²) in [7, 11) is 0. The summed E-state index contributed by atoms with van der Waals surface area (Å²) < 4.78 is 22.6. The van der Waals surface area contributed by atoms with E-state index < -0.39 is 24.3 Å². The molecule has 6 heteroatoms. The highest BCUT2D eigenvalue weighted by molar-refractivity contribution is 5.80. The molecule has 0 aromatic heterocycles. The van der Waals surface area contributed by atoms with Gasteiger partial charge < -0.3 is 24.1 Å². The highest BCUT2D eigenvalue weighted by Gasteiger charge is 2.54. The fourth-order valence-electron chi connectivity index (χ4n) is 2.67. The second-order valence-corrected chi connectivity index (χ2v) is 6.06. The molecule has 19 heavy (non-hydrogen) atoms. The molecule has 3 rings (SSSR count). The Kier molecular flexibility index (Phi) is 3.09. The van der Waals surface area contributed by atoms with Gasteiger partial charge in [-0.25, -0.2) is 4.99 Å². The monoisotopic (exact) mass is 271 g/mol. The molecule has 1 N–H and O–H groups in total. The van der Waals surface area contributed by atoms with Gasteiger partial charge in [-0.1, -0.05) is 13.8 Å². The number of aliphatic hydroxyl groups excluding tert-OH is 1. The van der Waals surface area contributed by atoms with Gasteiger partial charge in [-0.05, 0) is 13.8 Å². The lowest BCUT2D eigenvalue weighted by molar-refractivity contribution is -0.172. The molecule has 0 spiro atoms. The molecule has 2 saturated heterocycles. The number of hydrogen-bond donors (Lipinski definition) is 1. The van der Waals surface area contributed by atoms with Crippen LogP contribution in [-0.2, 0) is 18.9 Å². The Morgan fingerprint density at radius 3 is 2.63 bits per heavy atom. The van der Waals surface area contributed by atoms with E-state index in [-0.39, 0.29) is 18.1 Å². The van der Waals surface area contributed by atoms with Crippen molar-refractivity contribution < 1.29 is 24.1 Å². The van der Waals surface area contributed by atoms with Crippen molar-refractivity contribution in [2.75, 3.05) is 6.61 Å². The van der Waals surface area contributed by atoms with Crippen molar-refractivity contribution in [3.8, 4) is 0 Å². The maximum atomic E-state index is 10.3. The standard InChI is InChI=1S/C13H21NO5/c1-6(2)11-14-8-9(15)10(17-12(8)18-11)7-5-16-13(3,4)19-7/h6-10,12,15H,5H2,1-4H3. The lowest BCUT2D eigenvalue weighted by Gasteiger charge is -2.23. The third-order valence-corrected chi connectivity index (χ3v) is 3.66. The van der Waals surface area contributed by atoms with E-state index in [0.29, 0.717) is 12.5 Å². The normalized spacial score (nSPS) is 44.3. The Hall–Kier alpha value is -0.690. The molecule has 3 heterocycles. The van der Waals surface area contributed by atoms with Crippen molar-refractivity contribution in [1.82, 2.24) is 0 Å². The molecule has 0 saturated carbocycles. The van der Waals surface area contributed by atoms with Gasteiger partial charge >= 0.3 is 0 Å². The van der Waals surface area contributed by atoms with Gasteiger partial charge in [0.25, 0.3) is 0 Å². The highest BCUT2D eigenvalue weighted by atomic mass is 16.8. The van der Waals surface area contributed by atoms with E-state index in [9.17, 15) is 5.11 Å². The maximum Gasteiger partial charge on any atom is 0.227 e. The minimum absolute atomic E-state index is 0.199. The molecule has 3 aliphatic heterocycles. The van der Waals surface area contributed by atoms with E-state index in [4.69, 9.17) is 18.9 Å². The quantitative estimate of drug-likeness (QED) is 0.799. The van der Waals surface area contributed by atoms with E-state index in [1.807, 2.05) is 27.7 Å². The van der Waals surface area contributed by atoms with Crippen LogP contribution in [0, 0.1) is 5.92 Å². The summed E-state index contributed by atoms with van der Waals surface area (Å²) in [5.41, 5.74) is 0. The predicted octanol–water partition coefficient (Wildman–Crippen LogP) is 0.677. The van der Waals surface area contributed by atoms with Crippen LogP contribution >= 0.6 is 0 Å². The van der Waals surface area contributed by atoms with Crippen LogP contribution < -0.4 is 0 Å². The first-order valence-electron chi connectivity index (χ1n) is 6.77. The first kappa shape index (κ1) is 13.3. The zero-order valence-electron chi connectivity index (χ0n) is 11.7. The van der Waals surface area contributed by atoms with Gasteiger partial charge in [0.05, 0.1) is 6.61 Å². The van der Waals surface area contributed by atoms with Gasteiger partial charge in [0, 0.05) is 5.92 Å². The Bertz CT molecular complexity index is 394. The van der Waals surface area contributed by atoms with Gasteiger partial charge in [0.1, 0.15) is 24.4 Å². The Labute approximate surface area is 112 Å². The number of ether oxygens (including phenoxy) is 4. The van der Waals surface area contributed by atoms with E-state index in [1.165, 1.54) is 0 Å². The summed E-state index contributed by atoms with van der Waals surface area (Å²) >= 11 is 0. The Morgan fingerprint density at radius 1 is 1.37 bits per heavy atom. The zero-order chi connectivity index (χ0) is 13.8. The number of fused-ring (bicyclic) bond motifs is 1. The number of nitrogens with zero attached hydrogens (tertiary/aromatic N) is 1. The maximum absolute atomic E-state index is 10.3. The van der Waals surface area contributed by atoms with Crippen LogP contribution in [-0.4, -0.2) is 54.0 Å². The molecule has 0 aromatic rings. The summed E-state index contributed by atoms with van der Waals surface area (Å²) in [6, 6.07) is -0.352. The largest absolute Gasteiger partial charge is 0.449 e. The number of aliphatic hydroxyl groups is 1. The summed E-state index contributed by atoms with van der Waals surface area (Å²) in [6.07, 6.45) is -1.94. The smallest absolute Gasteiger partial charge is 0.227 e. The minimum Gasteiger partial charge on any atom is -0.449 e. The molecule has 0 bridgehead atoms. The summed E-state index contributed by atoms with van der Waals surface area (Å²) in [5.74, 6) is 0.222. The van der Waals surface area contributed by atoms with Gasteiger partial charge in [0.2, 0.25) is 6.29 Å². The zero-order valence-corrected chi connectivity index (χ0v) is 11.7. The molecule has 0 aliphatic carbocycles. The van der Waals surface area contributed by atoms with Gasteiger partial charge in [-0.15, -0.1) is 0 Å². The molecular formula is C13H21NO5. The number of aliphatic imine (C=N–C) groups is 1. The van der Waals surface area contributed by atoms with Gasteiger partial charge in [-0.3, -0.25) is 0 Å². The molecule has 108 valence electrons. The lowest BCUT2D eigenvalue weighted by Crippen LogP contribution is -2.40. The van der Waals surface area contributed by atoms with Crippen LogP contribution in [0.2, 0.25) is 0 Å². The molecule has 2 fully saturated rings. The topological polar surface area (TPSA) is 69.5 Å². The van der Waals surface area contributed by atoms with Crippen LogP contribution in [0.25, 0.3) is 0 Å². The van der Waals surface area contributed by atoms with E-state index >= 15 is 0 Å².